The van der Waals surface area contributed by atoms with E-state index in [0.717, 1.165) is 0 Å². The van der Waals surface area contributed by atoms with Gasteiger partial charge in [0.2, 0.25) is 0 Å². The average molecular weight is 262 g/mol. The zero-order valence-corrected chi connectivity index (χ0v) is 11.8. The number of hydrogen-bond acceptors (Lipinski definition) is 2. The maximum absolute atomic E-state index is 4.28. The molecule has 0 bridgehead atoms. The number of aryl methyl sites for hydroxylation is 1. The van der Waals surface area contributed by atoms with Gasteiger partial charge in [-0.1, -0.05) is 42.5 Å². The molecule has 1 aromatic heterocycles. The fraction of sp³-hybridized carbons (Fsp3) is 0.167. The van der Waals surface area contributed by atoms with Crippen LogP contribution in [0.1, 0.15) is 22.7 Å². The van der Waals surface area contributed by atoms with Crippen molar-refractivity contribution in [1.82, 2.24) is 10.3 Å². The normalized spacial score (nSPS) is 12.5. The summed E-state index contributed by atoms with van der Waals surface area (Å²) >= 11 is 0. The van der Waals surface area contributed by atoms with E-state index in [1.807, 2.05) is 19.4 Å². The Labute approximate surface area is 119 Å². The Balaban J connectivity index is 2.20. The molecule has 0 aliphatic carbocycles. The Kier molecular flexibility index (Phi) is 3.48. The Hall–Kier alpha value is -2.19. The molecular formula is C18H18N2. The topological polar surface area (TPSA) is 24.9 Å². The highest BCUT2D eigenvalue weighted by molar-refractivity contribution is 5.85. The number of nitrogens with one attached hydrogen (secondary N) is 1. The second-order valence-electron chi connectivity index (χ2n) is 5.02. The third-order valence-corrected chi connectivity index (χ3v) is 3.82. The summed E-state index contributed by atoms with van der Waals surface area (Å²) < 4.78 is 0. The molecule has 20 heavy (non-hydrogen) atoms. The van der Waals surface area contributed by atoms with E-state index in [9.17, 15) is 0 Å². The monoisotopic (exact) mass is 262 g/mol. The van der Waals surface area contributed by atoms with Crippen molar-refractivity contribution in [2.75, 3.05) is 7.05 Å². The second kappa shape index (κ2) is 5.43. The molecule has 0 aliphatic rings. The maximum atomic E-state index is 4.28. The fourth-order valence-corrected chi connectivity index (χ4v) is 2.78. The molecule has 0 aliphatic heterocycles. The van der Waals surface area contributed by atoms with Gasteiger partial charge in [0.25, 0.3) is 0 Å². The van der Waals surface area contributed by atoms with E-state index in [0.29, 0.717) is 0 Å². The van der Waals surface area contributed by atoms with Crippen molar-refractivity contribution in [1.29, 1.82) is 0 Å². The van der Waals surface area contributed by atoms with Crippen molar-refractivity contribution in [3.63, 3.8) is 0 Å². The van der Waals surface area contributed by atoms with E-state index in [2.05, 4.69) is 65.8 Å². The second-order valence-corrected chi connectivity index (χ2v) is 5.02. The third-order valence-electron chi connectivity index (χ3n) is 3.82. The summed E-state index contributed by atoms with van der Waals surface area (Å²) in [5.41, 5.74) is 3.88. The first kappa shape index (κ1) is 12.8. The summed E-state index contributed by atoms with van der Waals surface area (Å²) in [6.07, 6.45) is 3.79. The summed E-state index contributed by atoms with van der Waals surface area (Å²) in [6.45, 7) is 2.16. The third kappa shape index (κ3) is 2.19. The predicted molar refractivity (Wildman–Crippen MR) is 83.8 cm³/mol. The van der Waals surface area contributed by atoms with Gasteiger partial charge in [0, 0.05) is 17.8 Å². The van der Waals surface area contributed by atoms with Crippen LogP contribution in [0.15, 0.2) is 60.9 Å². The number of benzene rings is 2. The van der Waals surface area contributed by atoms with E-state index in [1.165, 1.54) is 27.5 Å². The number of nitrogens with zero attached hydrogens (tertiary/aromatic N) is 1. The van der Waals surface area contributed by atoms with Crippen molar-refractivity contribution in [3.05, 3.63) is 77.6 Å². The first-order valence-corrected chi connectivity index (χ1v) is 6.86. The van der Waals surface area contributed by atoms with E-state index in [1.54, 1.807) is 0 Å². The Morgan fingerprint density at radius 1 is 0.950 bits per heavy atom. The lowest BCUT2D eigenvalue weighted by atomic mass is 9.92. The highest BCUT2D eigenvalue weighted by Crippen LogP contribution is 2.29. The Morgan fingerprint density at radius 3 is 2.55 bits per heavy atom. The molecule has 1 N–H and O–H groups in total. The minimum atomic E-state index is 0.184. The summed E-state index contributed by atoms with van der Waals surface area (Å²) in [4.78, 5) is 4.28. The molecule has 0 fully saturated rings. The molecule has 0 radical (unpaired) electrons. The molecule has 0 saturated carbocycles. The zero-order valence-electron chi connectivity index (χ0n) is 11.8. The Morgan fingerprint density at radius 2 is 1.75 bits per heavy atom. The van der Waals surface area contributed by atoms with Crippen molar-refractivity contribution >= 4 is 10.8 Å². The summed E-state index contributed by atoms with van der Waals surface area (Å²) in [5, 5.41) is 5.87. The van der Waals surface area contributed by atoms with Gasteiger partial charge >= 0.3 is 0 Å². The van der Waals surface area contributed by atoms with Gasteiger partial charge in [-0.25, -0.2) is 0 Å². The molecule has 100 valence electrons. The largest absolute Gasteiger partial charge is 0.309 e. The van der Waals surface area contributed by atoms with Crippen LogP contribution < -0.4 is 5.32 Å². The van der Waals surface area contributed by atoms with Crippen LogP contribution in [0.2, 0.25) is 0 Å². The fourth-order valence-electron chi connectivity index (χ4n) is 2.78. The number of rotatable bonds is 3. The van der Waals surface area contributed by atoms with Gasteiger partial charge in [-0.2, -0.15) is 0 Å². The van der Waals surface area contributed by atoms with Crippen LogP contribution >= 0.6 is 0 Å². The van der Waals surface area contributed by atoms with Gasteiger partial charge in [0.1, 0.15) is 0 Å². The number of aromatic nitrogens is 1. The lowest BCUT2D eigenvalue weighted by Gasteiger charge is -2.21. The van der Waals surface area contributed by atoms with Gasteiger partial charge in [-0.3, -0.25) is 4.98 Å². The Bertz CT molecular complexity index is 729. The van der Waals surface area contributed by atoms with Crippen molar-refractivity contribution in [2.24, 2.45) is 0 Å². The van der Waals surface area contributed by atoms with Gasteiger partial charge in [0.15, 0.2) is 0 Å². The minimum Gasteiger partial charge on any atom is -0.309 e. The van der Waals surface area contributed by atoms with E-state index in [4.69, 9.17) is 0 Å². The van der Waals surface area contributed by atoms with Gasteiger partial charge in [-0.05, 0) is 42.1 Å². The van der Waals surface area contributed by atoms with E-state index < -0.39 is 0 Å². The average Bonchev–Trinajstić information content (AvgIpc) is 2.50. The van der Waals surface area contributed by atoms with Crippen LogP contribution in [0.25, 0.3) is 10.8 Å². The highest BCUT2D eigenvalue weighted by atomic mass is 14.9. The minimum absolute atomic E-state index is 0.184. The molecule has 0 saturated heterocycles. The molecule has 0 spiro atoms. The van der Waals surface area contributed by atoms with Crippen molar-refractivity contribution < 1.29 is 0 Å². The molecule has 1 unspecified atom stereocenters. The predicted octanol–water partition coefficient (Wildman–Crippen LogP) is 3.85. The van der Waals surface area contributed by atoms with E-state index >= 15 is 0 Å². The van der Waals surface area contributed by atoms with Gasteiger partial charge < -0.3 is 5.32 Å². The number of fused-ring (bicyclic) bond motifs is 1. The lowest BCUT2D eigenvalue weighted by molar-refractivity contribution is 0.692. The van der Waals surface area contributed by atoms with Crippen molar-refractivity contribution in [3.8, 4) is 0 Å². The first-order chi connectivity index (χ1) is 9.81. The summed E-state index contributed by atoms with van der Waals surface area (Å²) in [6, 6.07) is 17.2. The quantitative estimate of drug-likeness (QED) is 0.775. The molecule has 3 aromatic rings. The molecule has 0 amide bonds. The standard InChI is InChI=1S/C18H18N2/c1-13-6-3-4-8-15(13)18(19-2)16-9-5-7-14-10-11-20-12-17(14)16/h3-12,18-19H,1-2H3. The molecule has 2 nitrogen and oxygen atoms in total. The van der Waals surface area contributed by atoms with Crippen LogP contribution in [0.4, 0.5) is 0 Å². The van der Waals surface area contributed by atoms with Crippen LogP contribution in [0.5, 0.6) is 0 Å². The van der Waals surface area contributed by atoms with Crippen molar-refractivity contribution in [2.45, 2.75) is 13.0 Å². The zero-order chi connectivity index (χ0) is 13.9. The summed E-state index contributed by atoms with van der Waals surface area (Å²) in [5.74, 6) is 0. The molecule has 1 heterocycles. The van der Waals surface area contributed by atoms with Crippen LogP contribution in [-0.2, 0) is 0 Å². The molecular weight excluding hydrogens is 244 g/mol. The number of pyridine rings is 1. The van der Waals surface area contributed by atoms with Gasteiger partial charge in [0.05, 0.1) is 6.04 Å². The molecule has 2 heteroatoms. The van der Waals surface area contributed by atoms with Crippen LogP contribution in [0, 0.1) is 6.92 Å². The summed E-state index contributed by atoms with van der Waals surface area (Å²) in [7, 11) is 2.01. The van der Waals surface area contributed by atoms with E-state index in [-0.39, 0.29) is 6.04 Å². The molecule has 2 aromatic carbocycles. The maximum Gasteiger partial charge on any atom is 0.0583 e. The lowest BCUT2D eigenvalue weighted by Crippen LogP contribution is -2.19. The van der Waals surface area contributed by atoms with Crippen LogP contribution in [-0.4, -0.2) is 12.0 Å². The first-order valence-electron chi connectivity index (χ1n) is 6.86. The molecule has 3 rings (SSSR count). The van der Waals surface area contributed by atoms with Crippen LogP contribution in [0.3, 0.4) is 0 Å². The SMILES string of the molecule is CNC(c1ccccc1C)c1cccc2ccncc12. The highest BCUT2D eigenvalue weighted by Gasteiger charge is 2.16. The van der Waals surface area contributed by atoms with Gasteiger partial charge in [-0.15, -0.1) is 0 Å². The number of hydrogen-bond donors (Lipinski definition) is 1. The smallest absolute Gasteiger partial charge is 0.0583 e. The molecule has 1 atom stereocenters.